The first-order valence-corrected chi connectivity index (χ1v) is 8.06. The summed E-state index contributed by atoms with van der Waals surface area (Å²) in [5.41, 5.74) is 2.27. The summed E-state index contributed by atoms with van der Waals surface area (Å²) >= 11 is 0. The molecule has 0 saturated carbocycles. The van der Waals surface area contributed by atoms with Crippen LogP contribution >= 0.6 is 0 Å². The molecule has 0 heterocycles. The van der Waals surface area contributed by atoms with Crippen molar-refractivity contribution in [2.75, 3.05) is 18.4 Å². The molecule has 3 N–H and O–H groups in total. The number of benzene rings is 2. The van der Waals surface area contributed by atoms with Crippen molar-refractivity contribution in [1.29, 1.82) is 0 Å². The van der Waals surface area contributed by atoms with Gasteiger partial charge in [-0.3, -0.25) is 9.59 Å². The Kier molecular flexibility index (Phi) is 6.51. The van der Waals surface area contributed by atoms with E-state index < -0.39 is 0 Å². The fourth-order valence-electron chi connectivity index (χ4n) is 2.31. The third-order valence-electron chi connectivity index (χ3n) is 3.61. The molecule has 0 spiro atoms. The summed E-state index contributed by atoms with van der Waals surface area (Å²) in [5, 5.41) is 8.73. The first-order valence-electron chi connectivity index (χ1n) is 8.06. The van der Waals surface area contributed by atoms with Gasteiger partial charge in [0.2, 0.25) is 5.91 Å². The van der Waals surface area contributed by atoms with Crippen molar-refractivity contribution >= 4 is 17.5 Å². The number of rotatable bonds is 7. The molecular weight excluding hydrogens is 302 g/mol. The molecule has 2 amide bonds. The van der Waals surface area contributed by atoms with Gasteiger partial charge in [-0.15, -0.1) is 0 Å². The zero-order valence-electron chi connectivity index (χ0n) is 14.0. The lowest BCUT2D eigenvalue weighted by molar-refractivity contribution is -0.115. The van der Waals surface area contributed by atoms with Crippen LogP contribution in [0.25, 0.3) is 0 Å². The van der Waals surface area contributed by atoms with E-state index in [0.29, 0.717) is 17.8 Å². The predicted octanol–water partition coefficient (Wildman–Crippen LogP) is 2.73. The number of hydrogen-bond acceptors (Lipinski definition) is 3. The van der Waals surface area contributed by atoms with Crippen LogP contribution in [0.3, 0.4) is 0 Å². The van der Waals surface area contributed by atoms with Gasteiger partial charge in [0.05, 0.1) is 6.54 Å². The molecule has 1 unspecified atom stereocenters. The van der Waals surface area contributed by atoms with Crippen molar-refractivity contribution in [2.45, 2.75) is 19.9 Å². The largest absolute Gasteiger partial charge is 0.352 e. The summed E-state index contributed by atoms with van der Waals surface area (Å²) in [6, 6.07) is 16.9. The fraction of sp³-hybridized carbons (Fsp3) is 0.263. The lowest BCUT2D eigenvalue weighted by atomic mass is 10.1. The van der Waals surface area contributed by atoms with E-state index in [1.165, 1.54) is 0 Å². The minimum atomic E-state index is -0.149. The third kappa shape index (κ3) is 5.21. The van der Waals surface area contributed by atoms with Gasteiger partial charge in [0, 0.05) is 23.8 Å². The van der Waals surface area contributed by atoms with Crippen molar-refractivity contribution in [3.63, 3.8) is 0 Å². The van der Waals surface area contributed by atoms with E-state index in [-0.39, 0.29) is 24.4 Å². The molecule has 0 bridgehead atoms. The molecule has 0 aromatic heterocycles. The number of anilines is 1. The maximum Gasteiger partial charge on any atom is 0.251 e. The van der Waals surface area contributed by atoms with E-state index >= 15 is 0 Å². The van der Waals surface area contributed by atoms with Crippen LogP contribution in [0.2, 0.25) is 0 Å². The number of nitrogens with one attached hydrogen (secondary N) is 3. The quantitative estimate of drug-likeness (QED) is 0.733. The van der Waals surface area contributed by atoms with Crippen molar-refractivity contribution in [3.8, 4) is 0 Å². The lowest BCUT2D eigenvalue weighted by Crippen LogP contribution is -2.30. The highest BCUT2D eigenvalue weighted by molar-refractivity contribution is 5.97. The summed E-state index contributed by atoms with van der Waals surface area (Å²) in [6.07, 6.45) is 0. The van der Waals surface area contributed by atoms with Crippen LogP contribution in [-0.4, -0.2) is 24.9 Å². The highest BCUT2D eigenvalue weighted by Gasteiger charge is 2.09. The SMILES string of the molecule is CCNC(=O)c1cccc(NC(=O)CNC(C)c2ccccc2)c1. The van der Waals surface area contributed by atoms with Crippen molar-refractivity contribution in [2.24, 2.45) is 0 Å². The van der Waals surface area contributed by atoms with E-state index in [2.05, 4.69) is 16.0 Å². The molecule has 2 aromatic carbocycles. The molecule has 0 aliphatic carbocycles. The molecule has 0 radical (unpaired) electrons. The van der Waals surface area contributed by atoms with Gasteiger partial charge in [-0.25, -0.2) is 0 Å². The lowest BCUT2D eigenvalue weighted by Gasteiger charge is -2.14. The van der Waals surface area contributed by atoms with Crippen LogP contribution in [-0.2, 0) is 4.79 Å². The molecular formula is C19H23N3O2. The Hall–Kier alpha value is -2.66. The van der Waals surface area contributed by atoms with Crippen LogP contribution in [0.15, 0.2) is 54.6 Å². The summed E-state index contributed by atoms with van der Waals surface area (Å²) in [7, 11) is 0. The smallest absolute Gasteiger partial charge is 0.251 e. The Morgan fingerprint density at radius 2 is 1.79 bits per heavy atom. The van der Waals surface area contributed by atoms with E-state index in [9.17, 15) is 9.59 Å². The summed E-state index contributed by atoms with van der Waals surface area (Å²) in [4.78, 5) is 23.9. The van der Waals surface area contributed by atoms with Gasteiger partial charge >= 0.3 is 0 Å². The first-order chi connectivity index (χ1) is 11.6. The molecule has 1 atom stereocenters. The number of carbonyl (C=O) groups excluding carboxylic acids is 2. The maximum absolute atomic E-state index is 12.1. The Morgan fingerprint density at radius 1 is 1.04 bits per heavy atom. The molecule has 24 heavy (non-hydrogen) atoms. The second kappa shape index (κ2) is 8.84. The molecule has 2 rings (SSSR count). The Morgan fingerprint density at radius 3 is 2.50 bits per heavy atom. The van der Waals surface area contributed by atoms with E-state index in [1.54, 1.807) is 24.3 Å². The predicted molar refractivity (Wildman–Crippen MR) is 95.9 cm³/mol. The fourth-order valence-corrected chi connectivity index (χ4v) is 2.31. The number of hydrogen-bond donors (Lipinski definition) is 3. The molecule has 5 nitrogen and oxygen atoms in total. The average molecular weight is 325 g/mol. The van der Waals surface area contributed by atoms with Gasteiger partial charge in [-0.1, -0.05) is 36.4 Å². The standard InChI is InChI=1S/C19H23N3O2/c1-3-20-19(24)16-10-7-11-17(12-16)22-18(23)13-21-14(2)15-8-5-4-6-9-15/h4-12,14,21H,3,13H2,1-2H3,(H,20,24)(H,22,23). The monoisotopic (exact) mass is 325 g/mol. The van der Waals surface area contributed by atoms with Crippen molar-refractivity contribution < 1.29 is 9.59 Å². The normalized spacial score (nSPS) is 11.6. The van der Waals surface area contributed by atoms with E-state index in [1.807, 2.05) is 44.2 Å². The highest BCUT2D eigenvalue weighted by Crippen LogP contribution is 2.12. The zero-order chi connectivity index (χ0) is 17.4. The average Bonchev–Trinajstić information content (AvgIpc) is 2.61. The molecule has 126 valence electrons. The first kappa shape index (κ1) is 17.7. The molecule has 2 aromatic rings. The minimum absolute atomic E-state index is 0.0821. The maximum atomic E-state index is 12.1. The van der Waals surface area contributed by atoms with Crippen molar-refractivity contribution in [1.82, 2.24) is 10.6 Å². The number of amides is 2. The molecule has 5 heteroatoms. The van der Waals surface area contributed by atoms with Gasteiger partial charge < -0.3 is 16.0 Å². The van der Waals surface area contributed by atoms with Crippen LogP contribution in [0.5, 0.6) is 0 Å². The van der Waals surface area contributed by atoms with Crippen molar-refractivity contribution in [3.05, 3.63) is 65.7 Å². The van der Waals surface area contributed by atoms with Crippen LogP contribution in [0.4, 0.5) is 5.69 Å². The van der Waals surface area contributed by atoms with Gasteiger partial charge in [0.25, 0.3) is 5.91 Å². The van der Waals surface area contributed by atoms with Gasteiger partial charge in [-0.05, 0) is 37.6 Å². The van der Waals surface area contributed by atoms with E-state index in [4.69, 9.17) is 0 Å². The summed E-state index contributed by atoms with van der Waals surface area (Å²) in [5.74, 6) is -0.296. The topological polar surface area (TPSA) is 70.2 Å². The minimum Gasteiger partial charge on any atom is -0.352 e. The number of carbonyl (C=O) groups is 2. The molecule has 0 aliphatic rings. The zero-order valence-corrected chi connectivity index (χ0v) is 14.0. The van der Waals surface area contributed by atoms with Crippen LogP contribution in [0.1, 0.15) is 35.8 Å². The van der Waals surface area contributed by atoms with Crippen LogP contribution < -0.4 is 16.0 Å². The molecule has 0 fully saturated rings. The van der Waals surface area contributed by atoms with Gasteiger partial charge in [-0.2, -0.15) is 0 Å². The van der Waals surface area contributed by atoms with Gasteiger partial charge in [0.1, 0.15) is 0 Å². The highest BCUT2D eigenvalue weighted by atomic mass is 16.2. The second-order valence-corrected chi connectivity index (χ2v) is 5.50. The van der Waals surface area contributed by atoms with Crippen LogP contribution in [0, 0.1) is 0 Å². The summed E-state index contributed by atoms with van der Waals surface area (Å²) < 4.78 is 0. The molecule has 0 saturated heterocycles. The second-order valence-electron chi connectivity index (χ2n) is 5.50. The van der Waals surface area contributed by atoms with Gasteiger partial charge in [0.15, 0.2) is 0 Å². The summed E-state index contributed by atoms with van der Waals surface area (Å²) in [6.45, 7) is 4.64. The Balaban J connectivity index is 1.88. The molecule has 0 aliphatic heterocycles. The van der Waals surface area contributed by atoms with E-state index in [0.717, 1.165) is 5.56 Å². The Bertz CT molecular complexity index is 686. The third-order valence-corrected chi connectivity index (χ3v) is 3.61. The Labute approximate surface area is 142 Å².